The monoisotopic (exact) mass is 530 g/mol. The summed E-state index contributed by atoms with van der Waals surface area (Å²) in [5.74, 6) is -2.48. The molecule has 0 radical (unpaired) electrons. The summed E-state index contributed by atoms with van der Waals surface area (Å²) in [5.41, 5.74) is 7.33. The number of nitrogens with zero attached hydrogens (tertiary/aromatic N) is 1. The predicted molar refractivity (Wildman–Crippen MR) is 137 cm³/mol. The Bertz CT molecular complexity index is 1520. The lowest BCUT2D eigenvalue weighted by Crippen LogP contribution is -2.41. The normalized spacial score (nSPS) is 15.7. The van der Waals surface area contributed by atoms with E-state index in [0.29, 0.717) is 20.1 Å². The van der Waals surface area contributed by atoms with Crippen LogP contribution in [0.5, 0.6) is 0 Å². The van der Waals surface area contributed by atoms with E-state index in [2.05, 4.69) is 0 Å². The third-order valence-electron chi connectivity index (χ3n) is 5.42. The molecule has 3 aromatic rings. The van der Waals surface area contributed by atoms with Crippen LogP contribution in [0.4, 0.5) is 0 Å². The van der Waals surface area contributed by atoms with Crippen LogP contribution in [-0.4, -0.2) is 30.2 Å². The van der Waals surface area contributed by atoms with E-state index < -0.39 is 23.4 Å². The minimum Gasteiger partial charge on any atom is -0.466 e. The highest BCUT2D eigenvalue weighted by Crippen LogP contribution is 2.38. The first kappa shape index (κ1) is 24.8. The molecule has 180 valence electrons. The number of hydrogen-bond donors (Lipinski definition) is 1. The fourth-order valence-electron chi connectivity index (χ4n) is 3.86. The van der Waals surface area contributed by atoms with E-state index >= 15 is 0 Å². The maximum atomic E-state index is 13.4. The predicted octanol–water partition coefficient (Wildman–Crippen LogP) is 2.86. The van der Waals surface area contributed by atoms with Gasteiger partial charge in [-0.1, -0.05) is 47.5 Å². The Morgan fingerprint density at radius 3 is 2.20 bits per heavy atom. The molecule has 0 saturated heterocycles. The van der Waals surface area contributed by atoms with Crippen LogP contribution in [0.1, 0.15) is 24.0 Å². The van der Waals surface area contributed by atoms with E-state index in [9.17, 15) is 14.4 Å². The number of methoxy groups -OCH3 is 1. The van der Waals surface area contributed by atoms with Crippen molar-refractivity contribution in [3.8, 4) is 0 Å². The number of carbonyl (C=O) groups excluding carboxylic acids is 2. The van der Waals surface area contributed by atoms with Gasteiger partial charge in [0.05, 0.1) is 35.3 Å². The second kappa shape index (κ2) is 10.1. The molecule has 10 heteroatoms. The molecular formula is C25H20Cl2N2O5S. The van der Waals surface area contributed by atoms with Crippen LogP contribution in [0, 0.1) is 0 Å². The van der Waals surface area contributed by atoms with Crippen LogP contribution in [-0.2, 0) is 19.1 Å². The lowest BCUT2D eigenvalue weighted by atomic mass is 9.83. The standard InChI is InChI=1S/C25H20Cl2N2O5S/c1-3-34-25(32)19-18(14-6-10-16(27)11-7-14)20(24(31)33-2)23-29(21(19)28)22(30)17(35-23)12-13-4-8-15(26)9-5-13/h4-12,18H,3,28H2,1-2H3/b17-12+. The van der Waals surface area contributed by atoms with Crippen molar-refractivity contribution in [1.29, 1.82) is 0 Å². The first-order chi connectivity index (χ1) is 16.8. The topological polar surface area (TPSA) is 101 Å². The first-order valence-electron chi connectivity index (χ1n) is 10.5. The van der Waals surface area contributed by atoms with Crippen LogP contribution in [0.25, 0.3) is 17.5 Å². The molecule has 1 aliphatic rings. The van der Waals surface area contributed by atoms with Crippen LogP contribution in [0.15, 0.2) is 58.9 Å². The van der Waals surface area contributed by atoms with Gasteiger partial charge in [0.1, 0.15) is 10.5 Å². The highest BCUT2D eigenvalue weighted by Gasteiger charge is 2.39. The average molecular weight is 531 g/mol. The number of benzene rings is 2. The van der Waals surface area contributed by atoms with Gasteiger partial charge in [0.15, 0.2) is 0 Å². The lowest BCUT2D eigenvalue weighted by Gasteiger charge is -2.26. The van der Waals surface area contributed by atoms with Crippen molar-refractivity contribution in [2.75, 3.05) is 13.7 Å². The van der Waals surface area contributed by atoms with Gasteiger partial charge in [0.25, 0.3) is 5.56 Å². The van der Waals surface area contributed by atoms with Gasteiger partial charge in [-0.3, -0.25) is 9.36 Å². The molecule has 0 aliphatic carbocycles. The lowest BCUT2D eigenvalue weighted by molar-refractivity contribution is -0.138. The van der Waals surface area contributed by atoms with E-state index in [1.165, 1.54) is 7.11 Å². The van der Waals surface area contributed by atoms with Gasteiger partial charge in [-0.05, 0) is 48.4 Å². The second-order valence-electron chi connectivity index (χ2n) is 7.52. The number of aromatic nitrogens is 1. The number of esters is 2. The van der Waals surface area contributed by atoms with E-state index in [-0.39, 0.29) is 28.2 Å². The quantitative estimate of drug-likeness (QED) is 0.509. The molecule has 1 atom stereocenters. The molecule has 0 amide bonds. The van der Waals surface area contributed by atoms with Crippen molar-refractivity contribution in [3.05, 3.63) is 94.8 Å². The Labute approximate surface area is 214 Å². The molecule has 0 fully saturated rings. The highest BCUT2D eigenvalue weighted by atomic mass is 35.5. The maximum Gasteiger partial charge on any atom is 0.338 e. The zero-order valence-electron chi connectivity index (χ0n) is 18.7. The summed E-state index contributed by atoms with van der Waals surface area (Å²) in [6.07, 6.45) is 1.66. The largest absolute Gasteiger partial charge is 0.466 e. The zero-order chi connectivity index (χ0) is 25.3. The molecule has 1 aromatic heterocycles. The Morgan fingerprint density at radius 2 is 1.63 bits per heavy atom. The molecule has 2 aromatic carbocycles. The van der Waals surface area contributed by atoms with Gasteiger partial charge < -0.3 is 15.2 Å². The van der Waals surface area contributed by atoms with Crippen molar-refractivity contribution in [3.63, 3.8) is 0 Å². The van der Waals surface area contributed by atoms with Gasteiger partial charge in [-0.2, -0.15) is 0 Å². The van der Waals surface area contributed by atoms with Crippen molar-refractivity contribution >= 4 is 63.9 Å². The van der Waals surface area contributed by atoms with Gasteiger partial charge >= 0.3 is 11.9 Å². The maximum absolute atomic E-state index is 13.4. The minimum absolute atomic E-state index is 0.0278. The van der Waals surface area contributed by atoms with E-state index in [0.717, 1.165) is 21.5 Å². The highest BCUT2D eigenvalue weighted by molar-refractivity contribution is 7.07. The van der Waals surface area contributed by atoms with Gasteiger partial charge in [-0.15, -0.1) is 11.3 Å². The summed E-state index contributed by atoms with van der Waals surface area (Å²) in [6.45, 7) is 1.73. The number of thiazole rings is 1. The number of nitrogens with two attached hydrogens (primary N) is 1. The zero-order valence-corrected chi connectivity index (χ0v) is 21.0. The van der Waals surface area contributed by atoms with E-state index in [1.807, 2.05) is 0 Å². The molecule has 4 rings (SSSR count). The molecular weight excluding hydrogens is 511 g/mol. The van der Waals surface area contributed by atoms with Crippen molar-refractivity contribution in [1.82, 2.24) is 4.57 Å². The molecule has 0 spiro atoms. The van der Waals surface area contributed by atoms with Gasteiger partial charge in [-0.25, -0.2) is 9.59 Å². The summed E-state index contributed by atoms with van der Waals surface area (Å²) in [4.78, 5) is 39.6. The molecule has 0 bridgehead atoms. The third kappa shape index (κ3) is 4.65. The Kier molecular flexibility index (Phi) is 7.16. The molecule has 1 unspecified atom stereocenters. The van der Waals surface area contributed by atoms with E-state index in [1.54, 1.807) is 61.5 Å². The molecule has 0 saturated carbocycles. The van der Waals surface area contributed by atoms with Crippen molar-refractivity contribution in [2.24, 2.45) is 5.73 Å². The second-order valence-corrected chi connectivity index (χ2v) is 9.42. The number of rotatable bonds is 5. The molecule has 2 heterocycles. The summed E-state index contributed by atoms with van der Waals surface area (Å²) in [5, 5.41) is 1.04. The third-order valence-corrected chi connectivity index (χ3v) is 7.03. The number of carbonyl (C=O) groups is 2. The fourth-order valence-corrected chi connectivity index (χ4v) is 5.28. The Balaban J connectivity index is 2.10. The summed E-state index contributed by atoms with van der Waals surface area (Å²) >= 11 is 13.1. The summed E-state index contributed by atoms with van der Waals surface area (Å²) in [7, 11) is 1.23. The molecule has 35 heavy (non-hydrogen) atoms. The van der Waals surface area contributed by atoms with Crippen LogP contribution in [0.2, 0.25) is 10.0 Å². The molecule has 1 aliphatic heterocycles. The number of ether oxygens (including phenoxy) is 2. The Hall–Kier alpha value is -3.33. The van der Waals surface area contributed by atoms with E-state index in [4.69, 9.17) is 38.4 Å². The fraction of sp³-hybridized carbons (Fsp3) is 0.160. The number of halogens is 2. The molecule has 7 nitrogen and oxygen atoms in total. The van der Waals surface area contributed by atoms with Gasteiger partial charge in [0.2, 0.25) is 0 Å². The van der Waals surface area contributed by atoms with Crippen molar-refractivity contribution in [2.45, 2.75) is 12.8 Å². The smallest absolute Gasteiger partial charge is 0.338 e. The minimum atomic E-state index is -0.930. The summed E-state index contributed by atoms with van der Waals surface area (Å²) < 4.78 is 12.1. The van der Waals surface area contributed by atoms with Crippen LogP contribution >= 0.6 is 34.5 Å². The van der Waals surface area contributed by atoms with Crippen LogP contribution < -0.4 is 20.5 Å². The van der Waals surface area contributed by atoms with Crippen LogP contribution in [0.3, 0.4) is 0 Å². The number of fused-ring (bicyclic) bond motifs is 1. The first-order valence-corrected chi connectivity index (χ1v) is 12.1. The Morgan fingerprint density at radius 1 is 1.03 bits per heavy atom. The number of hydrogen-bond acceptors (Lipinski definition) is 7. The van der Waals surface area contributed by atoms with Gasteiger partial charge in [0, 0.05) is 10.0 Å². The average Bonchev–Trinajstić information content (AvgIpc) is 3.16. The molecule has 2 N–H and O–H groups in total. The van der Waals surface area contributed by atoms with Crippen molar-refractivity contribution < 1.29 is 19.1 Å². The summed E-state index contributed by atoms with van der Waals surface area (Å²) in [6, 6.07) is 13.6. The SMILES string of the molecule is CCOC(=O)C1=C(N)n2c(s/c(=C/c3ccc(Cl)cc3)c2=O)=C(C(=O)OC)C1c1ccc(Cl)cc1.